The molecule has 3 atom stereocenters. The Balaban J connectivity index is 1.44. The molecule has 1 aromatic carbocycles. The van der Waals surface area contributed by atoms with Gasteiger partial charge in [0.1, 0.15) is 11.6 Å². The van der Waals surface area contributed by atoms with Gasteiger partial charge in [0, 0.05) is 37.3 Å². The Kier molecular flexibility index (Phi) is 4.08. The number of hydrogen-bond donors (Lipinski definition) is 0. The Morgan fingerprint density at radius 3 is 2.76 bits per heavy atom. The van der Waals surface area contributed by atoms with Gasteiger partial charge < -0.3 is 9.47 Å². The number of hydrogen-bond acceptors (Lipinski definition) is 5. The lowest BCUT2D eigenvalue weighted by atomic mass is 9.83. The first-order chi connectivity index (χ1) is 14.0. The highest BCUT2D eigenvalue weighted by atomic mass is 16.2. The third-order valence-corrected chi connectivity index (χ3v) is 6.11. The summed E-state index contributed by atoms with van der Waals surface area (Å²) in [6.45, 7) is 3.44. The zero-order valence-corrected chi connectivity index (χ0v) is 16.1. The van der Waals surface area contributed by atoms with E-state index in [2.05, 4.69) is 10.3 Å². The summed E-state index contributed by atoms with van der Waals surface area (Å²) in [5.41, 5.74) is 1.21. The number of aromatic nitrogens is 4. The van der Waals surface area contributed by atoms with Crippen LogP contribution >= 0.6 is 0 Å². The van der Waals surface area contributed by atoms with Crippen LogP contribution in [0.15, 0.2) is 52.1 Å². The number of carbonyl (C=O) groups is 1. The largest absolute Gasteiger partial charge is 0.340 e. The minimum atomic E-state index is -0.739. The van der Waals surface area contributed by atoms with Crippen LogP contribution in [0.5, 0.6) is 0 Å². The minimum Gasteiger partial charge on any atom is -0.340 e. The summed E-state index contributed by atoms with van der Waals surface area (Å²) in [6, 6.07) is 11.6. The van der Waals surface area contributed by atoms with Gasteiger partial charge in [-0.1, -0.05) is 23.4 Å². The molecule has 5 rings (SSSR count). The Hall–Kier alpha value is -3.29. The number of pyridine rings is 1. The van der Waals surface area contributed by atoms with Crippen molar-refractivity contribution in [3.05, 3.63) is 68.9 Å². The van der Waals surface area contributed by atoms with Crippen LogP contribution in [0.1, 0.15) is 31.0 Å². The Labute approximate surface area is 166 Å². The standard InChI is InChI=1S/C21H21N5O3/c1-13(26-21(29)16-5-2-3-6-17(16)22-23-26)20(28)24-10-14-9-15(12-24)18-7-4-8-19(27)25(18)11-14/h2-8,13-15H,9-12H2,1H3. The molecule has 3 aromatic rings. The fraction of sp³-hybridized carbons (Fsp3) is 0.381. The monoisotopic (exact) mass is 391 g/mol. The van der Waals surface area contributed by atoms with Gasteiger partial charge in [-0.05, 0) is 37.5 Å². The molecule has 4 heterocycles. The number of nitrogens with zero attached hydrogens (tertiary/aromatic N) is 5. The highest BCUT2D eigenvalue weighted by molar-refractivity contribution is 5.81. The number of benzene rings is 1. The molecule has 2 bridgehead atoms. The van der Waals surface area contributed by atoms with Gasteiger partial charge in [0.15, 0.2) is 0 Å². The maximum Gasteiger partial charge on any atom is 0.278 e. The van der Waals surface area contributed by atoms with E-state index in [1.54, 1.807) is 43.3 Å². The van der Waals surface area contributed by atoms with E-state index in [9.17, 15) is 14.4 Å². The summed E-state index contributed by atoms with van der Waals surface area (Å²) >= 11 is 0. The molecule has 3 unspecified atom stereocenters. The number of fused-ring (bicyclic) bond motifs is 5. The zero-order chi connectivity index (χ0) is 20.1. The average Bonchev–Trinajstić information content (AvgIpc) is 2.74. The number of piperidine rings is 1. The fourth-order valence-electron chi connectivity index (χ4n) is 4.70. The highest BCUT2D eigenvalue weighted by Gasteiger charge is 2.37. The van der Waals surface area contributed by atoms with Gasteiger partial charge in [0.05, 0.1) is 5.39 Å². The summed E-state index contributed by atoms with van der Waals surface area (Å²) in [7, 11) is 0. The quantitative estimate of drug-likeness (QED) is 0.654. The molecule has 2 aromatic heterocycles. The van der Waals surface area contributed by atoms with Crippen LogP contribution in [-0.4, -0.2) is 43.5 Å². The molecule has 1 fully saturated rings. The van der Waals surface area contributed by atoms with Gasteiger partial charge >= 0.3 is 0 Å². The van der Waals surface area contributed by atoms with E-state index in [4.69, 9.17) is 0 Å². The van der Waals surface area contributed by atoms with Gasteiger partial charge in [-0.3, -0.25) is 14.4 Å². The van der Waals surface area contributed by atoms with Gasteiger partial charge in [-0.25, -0.2) is 0 Å². The van der Waals surface area contributed by atoms with Crippen molar-refractivity contribution < 1.29 is 4.79 Å². The van der Waals surface area contributed by atoms with Gasteiger partial charge in [0.2, 0.25) is 5.91 Å². The lowest BCUT2D eigenvalue weighted by Crippen LogP contribution is -2.51. The second-order valence-corrected chi connectivity index (χ2v) is 7.97. The SMILES string of the molecule is CC(C(=O)N1CC2CC(C1)c1cccc(=O)n1C2)n1nnc2ccccc2c1=O. The molecule has 0 spiro atoms. The smallest absolute Gasteiger partial charge is 0.278 e. The molecule has 0 radical (unpaired) electrons. The van der Waals surface area contributed by atoms with Crippen LogP contribution in [0, 0.1) is 5.92 Å². The molecule has 8 nitrogen and oxygen atoms in total. The first-order valence-corrected chi connectivity index (χ1v) is 9.85. The van der Waals surface area contributed by atoms with Crippen molar-refractivity contribution in [2.45, 2.75) is 31.8 Å². The van der Waals surface area contributed by atoms with Crippen molar-refractivity contribution in [2.24, 2.45) is 5.92 Å². The third-order valence-electron chi connectivity index (χ3n) is 6.11. The van der Waals surface area contributed by atoms with E-state index >= 15 is 0 Å². The summed E-state index contributed by atoms with van der Waals surface area (Å²) in [6.07, 6.45) is 0.970. The average molecular weight is 391 g/mol. The molecule has 148 valence electrons. The molecule has 0 saturated carbocycles. The van der Waals surface area contributed by atoms with Crippen molar-refractivity contribution in [2.75, 3.05) is 13.1 Å². The minimum absolute atomic E-state index is 0.0170. The van der Waals surface area contributed by atoms with Crippen molar-refractivity contribution in [3.63, 3.8) is 0 Å². The van der Waals surface area contributed by atoms with Crippen LogP contribution in [0.3, 0.4) is 0 Å². The Morgan fingerprint density at radius 1 is 1.07 bits per heavy atom. The fourth-order valence-corrected chi connectivity index (χ4v) is 4.70. The second kappa shape index (κ2) is 6.65. The molecule has 0 N–H and O–H groups in total. The lowest BCUT2D eigenvalue weighted by Gasteiger charge is -2.43. The van der Waals surface area contributed by atoms with Crippen molar-refractivity contribution in [1.82, 2.24) is 24.5 Å². The maximum absolute atomic E-state index is 13.2. The topological polar surface area (TPSA) is 90.1 Å². The molecule has 29 heavy (non-hydrogen) atoms. The van der Waals surface area contributed by atoms with Crippen molar-refractivity contribution in [3.8, 4) is 0 Å². The summed E-state index contributed by atoms with van der Waals surface area (Å²) in [5.74, 6) is 0.224. The molecular weight excluding hydrogens is 370 g/mol. The van der Waals surface area contributed by atoms with E-state index in [0.717, 1.165) is 12.1 Å². The van der Waals surface area contributed by atoms with Crippen LogP contribution < -0.4 is 11.1 Å². The first kappa shape index (κ1) is 17.8. The molecule has 1 amide bonds. The normalized spacial score (nSPS) is 21.6. The zero-order valence-electron chi connectivity index (χ0n) is 16.1. The Bertz CT molecular complexity index is 1230. The van der Waals surface area contributed by atoms with Gasteiger partial charge in [-0.15, -0.1) is 5.10 Å². The van der Waals surface area contributed by atoms with Crippen LogP contribution in [0.2, 0.25) is 0 Å². The van der Waals surface area contributed by atoms with E-state index in [-0.39, 0.29) is 28.9 Å². The lowest BCUT2D eigenvalue weighted by molar-refractivity contribution is -0.137. The number of likely N-dealkylation sites (tertiary alicyclic amines) is 1. The Morgan fingerprint density at radius 2 is 1.90 bits per heavy atom. The summed E-state index contributed by atoms with van der Waals surface area (Å²) < 4.78 is 3.01. The van der Waals surface area contributed by atoms with E-state index in [1.165, 1.54) is 4.68 Å². The highest BCUT2D eigenvalue weighted by Crippen LogP contribution is 2.35. The van der Waals surface area contributed by atoms with Gasteiger partial charge in [-0.2, -0.15) is 4.68 Å². The van der Waals surface area contributed by atoms with Crippen LogP contribution in [0.4, 0.5) is 0 Å². The summed E-state index contributed by atoms with van der Waals surface area (Å²) in [5, 5.41) is 8.54. The first-order valence-electron chi connectivity index (χ1n) is 9.85. The number of carbonyl (C=O) groups excluding carboxylic acids is 1. The predicted molar refractivity (Wildman–Crippen MR) is 107 cm³/mol. The molecule has 2 aliphatic rings. The van der Waals surface area contributed by atoms with Crippen molar-refractivity contribution in [1.29, 1.82) is 0 Å². The molecule has 8 heteroatoms. The maximum atomic E-state index is 13.2. The number of rotatable bonds is 2. The molecule has 0 aliphatic carbocycles. The summed E-state index contributed by atoms with van der Waals surface area (Å²) in [4.78, 5) is 40.0. The molecular formula is C21H21N5O3. The third kappa shape index (κ3) is 2.86. The van der Waals surface area contributed by atoms with Gasteiger partial charge in [0.25, 0.3) is 11.1 Å². The van der Waals surface area contributed by atoms with E-state index in [0.29, 0.717) is 30.5 Å². The van der Waals surface area contributed by atoms with Crippen LogP contribution in [0.25, 0.3) is 10.9 Å². The van der Waals surface area contributed by atoms with Crippen LogP contribution in [-0.2, 0) is 11.3 Å². The van der Waals surface area contributed by atoms with Crippen molar-refractivity contribution >= 4 is 16.8 Å². The predicted octanol–water partition coefficient (Wildman–Crippen LogP) is 1.16. The van der Waals surface area contributed by atoms with E-state index in [1.807, 2.05) is 15.5 Å². The molecule has 2 aliphatic heterocycles. The number of amides is 1. The van der Waals surface area contributed by atoms with E-state index < -0.39 is 6.04 Å². The second-order valence-electron chi connectivity index (χ2n) is 7.97. The molecule has 1 saturated heterocycles.